The zero-order valence-corrected chi connectivity index (χ0v) is 9.92. The number of fused-ring (bicyclic) bond motifs is 1. The molecule has 0 bridgehead atoms. The predicted molar refractivity (Wildman–Crippen MR) is 64.5 cm³/mol. The summed E-state index contributed by atoms with van der Waals surface area (Å²) in [5.41, 5.74) is 1.11. The summed E-state index contributed by atoms with van der Waals surface area (Å²) in [4.78, 5) is 23.0. The maximum Gasteiger partial charge on any atom is 0.246 e. The summed E-state index contributed by atoms with van der Waals surface area (Å²) in [6.45, 7) is 2.40. The van der Waals surface area contributed by atoms with E-state index in [9.17, 15) is 14.0 Å². The summed E-state index contributed by atoms with van der Waals surface area (Å²) < 4.78 is 13.0. The smallest absolute Gasteiger partial charge is 0.246 e. The SMILES string of the molecule is CCNC(=O)CNC1C(=O)Nc2cc(F)ccc21. The van der Waals surface area contributed by atoms with Crippen LogP contribution in [0.25, 0.3) is 0 Å². The van der Waals surface area contributed by atoms with Crippen molar-refractivity contribution >= 4 is 17.5 Å². The fourth-order valence-electron chi connectivity index (χ4n) is 1.89. The standard InChI is InChI=1S/C12H14FN3O2/c1-2-14-10(17)6-15-11-8-4-3-7(13)5-9(8)16-12(11)18/h3-5,11,15H,2,6H2,1H3,(H,14,17)(H,16,18). The average molecular weight is 251 g/mol. The van der Waals surface area contributed by atoms with Gasteiger partial charge in [-0.3, -0.25) is 14.9 Å². The molecule has 2 rings (SSSR count). The van der Waals surface area contributed by atoms with Crippen molar-refractivity contribution in [2.75, 3.05) is 18.4 Å². The largest absolute Gasteiger partial charge is 0.355 e. The minimum atomic E-state index is -0.608. The molecule has 1 unspecified atom stereocenters. The van der Waals surface area contributed by atoms with Gasteiger partial charge in [-0.05, 0) is 19.1 Å². The van der Waals surface area contributed by atoms with Crippen LogP contribution in [0.2, 0.25) is 0 Å². The molecular formula is C12H14FN3O2. The number of hydrogen-bond donors (Lipinski definition) is 3. The lowest BCUT2D eigenvalue weighted by molar-refractivity contribution is -0.121. The summed E-state index contributed by atoms with van der Waals surface area (Å²) in [5, 5.41) is 8.04. The Bertz CT molecular complexity index is 490. The third-order valence-corrected chi connectivity index (χ3v) is 2.69. The Morgan fingerprint density at radius 1 is 1.50 bits per heavy atom. The van der Waals surface area contributed by atoms with Gasteiger partial charge >= 0.3 is 0 Å². The van der Waals surface area contributed by atoms with Gasteiger partial charge in [-0.1, -0.05) is 6.07 Å². The Morgan fingerprint density at radius 3 is 3.00 bits per heavy atom. The van der Waals surface area contributed by atoms with Crippen molar-refractivity contribution in [3.8, 4) is 0 Å². The highest BCUT2D eigenvalue weighted by Gasteiger charge is 2.30. The molecule has 0 saturated heterocycles. The molecule has 96 valence electrons. The van der Waals surface area contributed by atoms with Crippen LogP contribution in [0.5, 0.6) is 0 Å². The van der Waals surface area contributed by atoms with Crippen molar-refractivity contribution in [2.24, 2.45) is 0 Å². The number of anilines is 1. The number of benzene rings is 1. The summed E-state index contributed by atoms with van der Waals surface area (Å²) >= 11 is 0. The highest BCUT2D eigenvalue weighted by Crippen LogP contribution is 2.30. The number of nitrogens with one attached hydrogen (secondary N) is 3. The molecule has 5 nitrogen and oxygen atoms in total. The van der Waals surface area contributed by atoms with E-state index >= 15 is 0 Å². The van der Waals surface area contributed by atoms with Crippen molar-refractivity contribution in [2.45, 2.75) is 13.0 Å². The molecule has 0 aliphatic carbocycles. The third-order valence-electron chi connectivity index (χ3n) is 2.69. The minimum Gasteiger partial charge on any atom is -0.355 e. The van der Waals surface area contributed by atoms with Gasteiger partial charge in [0, 0.05) is 17.8 Å². The fraction of sp³-hybridized carbons (Fsp3) is 0.333. The van der Waals surface area contributed by atoms with Crippen LogP contribution in [-0.2, 0) is 9.59 Å². The van der Waals surface area contributed by atoms with Gasteiger partial charge in [0.05, 0.1) is 6.54 Å². The van der Waals surface area contributed by atoms with Gasteiger partial charge in [0.1, 0.15) is 11.9 Å². The maximum atomic E-state index is 13.0. The quantitative estimate of drug-likeness (QED) is 0.731. The predicted octanol–water partition coefficient (Wildman–Crippen LogP) is 0.545. The Balaban J connectivity index is 2.06. The first-order valence-corrected chi connectivity index (χ1v) is 5.72. The number of hydrogen-bond acceptors (Lipinski definition) is 3. The number of halogens is 1. The van der Waals surface area contributed by atoms with E-state index in [1.165, 1.54) is 18.2 Å². The molecule has 6 heteroatoms. The lowest BCUT2D eigenvalue weighted by Crippen LogP contribution is -2.37. The van der Waals surface area contributed by atoms with Gasteiger partial charge in [0.2, 0.25) is 11.8 Å². The minimum absolute atomic E-state index is 0.0444. The Hall–Kier alpha value is -1.95. The molecule has 1 aromatic rings. The summed E-state index contributed by atoms with van der Waals surface area (Å²) in [6.07, 6.45) is 0. The Kier molecular flexibility index (Phi) is 3.57. The third kappa shape index (κ3) is 2.48. The van der Waals surface area contributed by atoms with Crippen molar-refractivity contribution in [3.63, 3.8) is 0 Å². The van der Waals surface area contributed by atoms with Crippen LogP contribution in [0.15, 0.2) is 18.2 Å². The first kappa shape index (κ1) is 12.5. The van der Waals surface area contributed by atoms with Crippen LogP contribution in [0, 0.1) is 5.82 Å². The molecule has 0 saturated carbocycles. The average Bonchev–Trinajstić information content (AvgIpc) is 2.61. The summed E-state index contributed by atoms with van der Waals surface area (Å²) in [6, 6.07) is 3.49. The highest BCUT2D eigenvalue weighted by molar-refractivity contribution is 6.02. The molecule has 2 amide bonds. The number of rotatable bonds is 4. The molecule has 0 spiro atoms. The molecular weight excluding hydrogens is 237 g/mol. The second-order valence-electron chi connectivity index (χ2n) is 3.99. The molecule has 0 aromatic heterocycles. The zero-order chi connectivity index (χ0) is 13.1. The molecule has 3 N–H and O–H groups in total. The normalized spacial score (nSPS) is 17.2. The maximum absolute atomic E-state index is 13.0. The first-order chi connectivity index (χ1) is 8.61. The van der Waals surface area contributed by atoms with Crippen molar-refractivity contribution in [1.29, 1.82) is 0 Å². The fourth-order valence-corrected chi connectivity index (χ4v) is 1.89. The lowest BCUT2D eigenvalue weighted by Gasteiger charge is -2.10. The van der Waals surface area contributed by atoms with E-state index in [-0.39, 0.29) is 18.4 Å². The van der Waals surface area contributed by atoms with Crippen LogP contribution in [-0.4, -0.2) is 24.9 Å². The van der Waals surface area contributed by atoms with Crippen LogP contribution >= 0.6 is 0 Å². The van der Waals surface area contributed by atoms with Crippen molar-refractivity contribution in [1.82, 2.24) is 10.6 Å². The summed E-state index contributed by atoms with van der Waals surface area (Å²) in [7, 11) is 0. The second-order valence-corrected chi connectivity index (χ2v) is 3.99. The lowest BCUT2D eigenvalue weighted by atomic mass is 10.1. The molecule has 1 heterocycles. The van der Waals surface area contributed by atoms with Gasteiger partial charge < -0.3 is 10.6 Å². The first-order valence-electron chi connectivity index (χ1n) is 5.72. The molecule has 1 aliphatic heterocycles. The molecule has 1 aliphatic rings. The molecule has 0 fully saturated rings. The van der Waals surface area contributed by atoms with Gasteiger partial charge in [0.25, 0.3) is 0 Å². The van der Waals surface area contributed by atoms with E-state index in [0.29, 0.717) is 17.8 Å². The molecule has 18 heavy (non-hydrogen) atoms. The topological polar surface area (TPSA) is 70.2 Å². The van der Waals surface area contributed by atoms with E-state index in [4.69, 9.17) is 0 Å². The van der Waals surface area contributed by atoms with Crippen molar-refractivity contribution in [3.05, 3.63) is 29.6 Å². The Labute approximate surface area is 104 Å². The van der Waals surface area contributed by atoms with Crippen LogP contribution in [0.3, 0.4) is 0 Å². The van der Waals surface area contributed by atoms with Crippen LogP contribution < -0.4 is 16.0 Å². The Morgan fingerprint density at radius 2 is 2.28 bits per heavy atom. The summed E-state index contributed by atoms with van der Waals surface area (Å²) in [5.74, 6) is -0.862. The van der Waals surface area contributed by atoms with Crippen molar-refractivity contribution < 1.29 is 14.0 Å². The molecule has 0 radical (unpaired) electrons. The number of carbonyl (C=O) groups excluding carboxylic acids is 2. The van der Waals surface area contributed by atoms with Gasteiger partial charge in [-0.15, -0.1) is 0 Å². The molecule has 1 atom stereocenters. The zero-order valence-electron chi connectivity index (χ0n) is 9.92. The van der Waals surface area contributed by atoms with Crippen LogP contribution in [0.4, 0.5) is 10.1 Å². The van der Waals surface area contributed by atoms with E-state index in [1.54, 1.807) is 0 Å². The van der Waals surface area contributed by atoms with Crippen LogP contribution in [0.1, 0.15) is 18.5 Å². The van der Waals surface area contributed by atoms with E-state index in [2.05, 4.69) is 16.0 Å². The van der Waals surface area contributed by atoms with E-state index in [1.807, 2.05) is 6.92 Å². The monoisotopic (exact) mass is 251 g/mol. The van der Waals surface area contributed by atoms with Gasteiger partial charge in [-0.2, -0.15) is 0 Å². The second kappa shape index (κ2) is 5.14. The van der Waals surface area contributed by atoms with Gasteiger partial charge in [-0.25, -0.2) is 4.39 Å². The van der Waals surface area contributed by atoms with E-state index in [0.717, 1.165) is 0 Å². The number of likely N-dealkylation sites (N-methyl/N-ethyl adjacent to an activating group) is 1. The number of carbonyl (C=O) groups is 2. The van der Waals surface area contributed by atoms with E-state index < -0.39 is 11.9 Å². The number of amides is 2. The highest BCUT2D eigenvalue weighted by atomic mass is 19.1. The molecule has 1 aromatic carbocycles. The van der Waals surface area contributed by atoms with Gasteiger partial charge in [0.15, 0.2) is 0 Å².